The van der Waals surface area contributed by atoms with Gasteiger partial charge in [0.1, 0.15) is 5.75 Å². The summed E-state index contributed by atoms with van der Waals surface area (Å²) in [6.07, 6.45) is 1.20. The van der Waals surface area contributed by atoms with Gasteiger partial charge in [-0.2, -0.15) is 8.78 Å². The van der Waals surface area contributed by atoms with Crippen molar-refractivity contribution in [2.24, 2.45) is 5.16 Å². The molecule has 2 rings (SSSR count). The van der Waals surface area contributed by atoms with Gasteiger partial charge < -0.3 is 14.9 Å². The fourth-order valence-corrected chi connectivity index (χ4v) is 2.09. The predicted octanol–water partition coefficient (Wildman–Crippen LogP) is 3.61. The molecule has 1 amide bonds. The quantitative estimate of drug-likeness (QED) is 0.572. The van der Waals surface area contributed by atoms with E-state index in [9.17, 15) is 13.6 Å². The van der Waals surface area contributed by atoms with Crippen LogP contribution in [-0.2, 0) is 16.2 Å². The van der Waals surface area contributed by atoms with Crippen LogP contribution >= 0.6 is 11.6 Å². The van der Waals surface area contributed by atoms with E-state index in [1.54, 1.807) is 30.3 Å². The molecular formula is C17H15ClF2N2O3. The summed E-state index contributed by atoms with van der Waals surface area (Å²) in [6, 6.07) is 13.2. The Morgan fingerprint density at radius 2 is 2.04 bits per heavy atom. The maximum Gasteiger partial charge on any atom is 0.387 e. The molecule has 1 N–H and O–H groups in total. The summed E-state index contributed by atoms with van der Waals surface area (Å²) in [5, 5.41) is 6.81. The van der Waals surface area contributed by atoms with Crippen LogP contribution in [0, 0.1) is 0 Å². The zero-order valence-electron chi connectivity index (χ0n) is 13.0. The summed E-state index contributed by atoms with van der Waals surface area (Å²) in [4.78, 5) is 16.5. The molecule has 0 aliphatic carbocycles. The minimum Gasteiger partial charge on any atom is -0.434 e. The van der Waals surface area contributed by atoms with Crippen molar-refractivity contribution in [3.63, 3.8) is 0 Å². The van der Waals surface area contributed by atoms with Gasteiger partial charge in [-0.25, -0.2) is 0 Å². The highest BCUT2D eigenvalue weighted by atomic mass is 35.5. The molecule has 0 aromatic heterocycles. The van der Waals surface area contributed by atoms with Gasteiger partial charge in [0.25, 0.3) is 5.91 Å². The summed E-state index contributed by atoms with van der Waals surface area (Å²) >= 11 is 5.85. The summed E-state index contributed by atoms with van der Waals surface area (Å²) in [6.45, 7) is -2.94. The van der Waals surface area contributed by atoms with E-state index in [2.05, 4.69) is 15.2 Å². The van der Waals surface area contributed by atoms with Crippen LogP contribution in [0.4, 0.5) is 8.78 Å². The molecule has 2 aromatic carbocycles. The van der Waals surface area contributed by atoms with Gasteiger partial charge in [0.15, 0.2) is 6.61 Å². The van der Waals surface area contributed by atoms with Crippen LogP contribution in [0.25, 0.3) is 0 Å². The van der Waals surface area contributed by atoms with E-state index in [-0.39, 0.29) is 18.3 Å². The molecule has 0 fully saturated rings. The molecule has 0 spiro atoms. The van der Waals surface area contributed by atoms with E-state index in [0.29, 0.717) is 17.1 Å². The Hall–Kier alpha value is -2.67. The lowest BCUT2D eigenvalue weighted by Crippen LogP contribution is -2.26. The molecule has 5 nitrogen and oxygen atoms in total. The average molecular weight is 369 g/mol. The van der Waals surface area contributed by atoms with Gasteiger partial charge in [0, 0.05) is 17.1 Å². The number of alkyl halides is 2. The van der Waals surface area contributed by atoms with Crippen LogP contribution in [0.2, 0.25) is 5.02 Å². The molecule has 0 aliphatic heterocycles. The second-order valence-electron chi connectivity index (χ2n) is 4.83. The Labute approximate surface area is 148 Å². The third-order valence-electron chi connectivity index (χ3n) is 2.98. The topological polar surface area (TPSA) is 59.9 Å². The lowest BCUT2D eigenvalue weighted by atomic mass is 10.2. The van der Waals surface area contributed by atoms with Crippen molar-refractivity contribution in [2.75, 3.05) is 6.61 Å². The number of nitrogens with one attached hydrogen (secondary N) is 1. The van der Waals surface area contributed by atoms with Gasteiger partial charge in [0.05, 0.1) is 6.21 Å². The predicted molar refractivity (Wildman–Crippen MR) is 89.9 cm³/mol. The molecule has 0 heterocycles. The van der Waals surface area contributed by atoms with Gasteiger partial charge in [-0.1, -0.05) is 41.0 Å². The smallest absolute Gasteiger partial charge is 0.387 e. The molecule has 0 atom stereocenters. The van der Waals surface area contributed by atoms with E-state index in [0.717, 1.165) is 5.56 Å². The minimum atomic E-state index is -2.94. The molecule has 8 heteroatoms. The number of carbonyl (C=O) groups excluding carboxylic acids is 1. The number of para-hydroxylation sites is 1. The maximum atomic E-state index is 12.3. The van der Waals surface area contributed by atoms with Gasteiger partial charge in [0.2, 0.25) is 0 Å². The van der Waals surface area contributed by atoms with Gasteiger partial charge in [-0.15, -0.1) is 0 Å². The number of amides is 1. The number of nitrogens with zero attached hydrogens (tertiary/aromatic N) is 1. The lowest BCUT2D eigenvalue weighted by Gasteiger charge is -2.07. The minimum absolute atomic E-state index is 0.0322. The first-order chi connectivity index (χ1) is 12.0. The van der Waals surface area contributed by atoms with Gasteiger partial charge >= 0.3 is 6.61 Å². The molecule has 0 saturated carbocycles. The Morgan fingerprint density at radius 3 is 2.80 bits per heavy atom. The molecule has 25 heavy (non-hydrogen) atoms. The van der Waals surface area contributed by atoms with E-state index in [1.807, 2.05) is 6.07 Å². The fraction of sp³-hybridized carbons (Fsp3) is 0.176. The highest BCUT2D eigenvalue weighted by Crippen LogP contribution is 2.18. The van der Waals surface area contributed by atoms with Gasteiger partial charge in [-0.3, -0.25) is 4.79 Å². The summed E-state index contributed by atoms with van der Waals surface area (Å²) in [5.41, 5.74) is 1.16. The summed E-state index contributed by atoms with van der Waals surface area (Å²) in [7, 11) is 0. The monoisotopic (exact) mass is 368 g/mol. The number of oxime groups is 1. The van der Waals surface area contributed by atoms with Crippen molar-refractivity contribution < 1.29 is 23.1 Å². The van der Waals surface area contributed by atoms with Crippen molar-refractivity contribution in [2.45, 2.75) is 13.2 Å². The molecule has 0 unspecified atom stereocenters. The molecule has 0 aliphatic rings. The largest absolute Gasteiger partial charge is 0.434 e. The van der Waals surface area contributed by atoms with Crippen LogP contribution in [0.3, 0.4) is 0 Å². The Bertz CT molecular complexity index is 741. The normalized spacial score (nSPS) is 10.9. The molecule has 132 valence electrons. The molecule has 0 bridgehead atoms. The number of halogens is 3. The Kier molecular flexibility index (Phi) is 7.16. The highest BCUT2D eigenvalue weighted by Gasteiger charge is 2.07. The van der Waals surface area contributed by atoms with Gasteiger partial charge in [-0.05, 0) is 29.8 Å². The number of hydrogen-bond donors (Lipinski definition) is 1. The van der Waals surface area contributed by atoms with Crippen molar-refractivity contribution in [3.05, 3.63) is 64.7 Å². The number of ether oxygens (including phenoxy) is 1. The molecule has 2 aromatic rings. The van der Waals surface area contributed by atoms with Crippen molar-refractivity contribution in [3.8, 4) is 5.75 Å². The summed E-state index contributed by atoms with van der Waals surface area (Å²) < 4.78 is 28.9. The van der Waals surface area contributed by atoms with Crippen molar-refractivity contribution in [1.82, 2.24) is 5.32 Å². The lowest BCUT2D eigenvalue weighted by molar-refractivity contribution is -0.125. The van der Waals surface area contributed by atoms with E-state index < -0.39 is 6.61 Å². The number of benzene rings is 2. The number of hydrogen-bond acceptors (Lipinski definition) is 4. The van der Waals surface area contributed by atoms with Crippen molar-refractivity contribution >= 4 is 23.7 Å². The maximum absolute atomic E-state index is 12.3. The van der Waals surface area contributed by atoms with Crippen LogP contribution in [0.1, 0.15) is 11.1 Å². The molecule has 0 radical (unpaired) electrons. The zero-order chi connectivity index (χ0) is 18.1. The van der Waals surface area contributed by atoms with E-state index >= 15 is 0 Å². The molecular weight excluding hydrogens is 354 g/mol. The van der Waals surface area contributed by atoms with E-state index in [1.165, 1.54) is 18.3 Å². The van der Waals surface area contributed by atoms with Crippen LogP contribution in [0.15, 0.2) is 53.7 Å². The first-order valence-corrected chi connectivity index (χ1v) is 7.62. The number of carbonyl (C=O) groups is 1. The third kappa shape index (κ3) is 6.76. The zero-order valence-corrected chi connectivity index (χ0v) is 13.7. The third-order valence-corrected chi connectivity index (χ3v) is 3.21. The second-order valence-corrected chi connectivity index (χ2v) is 5.27. The fourth-order valence-electron chi connectivity index (χ4n) is 1.88. The van der Waals surface area contributed by atoms with E-state index in [4.69, 9.17) is 16.4 Å². The first-order valence-electron chi connectivity index (χ1n) is 7.25. The average Bonchev–Trinajstić information content (AvgIpc) is 2.58. The first kappa shape index (κ1) is 18.7. The SMILES string of the molecule is O=C(CO/N=C\c1ccccc1OC(F)F)NCc1cccc(Cl)c1. The molecule has 0 saturated heterocycles. The van der Waals surface area contributed by atoms with Crippen molar-refractivity contribution in [1.29, 1.82) is 0 Å². The highest BCUT2D eigenvalue weighted by molar-refractivity contribution is 6.30. The Balaban J connectivity index is 1.78. The summed E-state index contributed by atoms with van der Waals surface area (Å²) in [5.74, 6) is -0.413. The number of rotatable bonds is 8. The second kappa shape index (κ2) is 9.58. The van der Waals surface area contributed by atoms with Crippen LogP contribution in [-0.4, -0.2) is 25.3 Å². The Morgan fingerprint density at radius 1 is 1.24 bits per heavy atom. The van der Waals surface area contributed by atoms with Crippen LogP contribution < -0.4 is 10.1 Å². The van der Waals surface area contributed by atoms with Crippen LogP contribution in [0.5, 0.6) is 5.75 Å². The standard InChI is InChI=1S/C17H15ClF2N2O3/c18-14-6-3-4-12(8-14)9-21-16(23)11-24-22-10-13-5-1-2-7-15(13)25-17(19)20/h1-8,10,17H,9,11H2,(H,21,23)/b22-10-.